The van der Waals surface area contributed by atoms with Crippen LogP contribution in [0.1, 0.15) is 0 Å². The summed E-state index contributed by atoms with van der Waals surface area (Å²) < 4.78 is 9.17. The van der Waals surface area contributed by atoms with Gasteiger partial charge in [0.05, 0.1) is 0 Å². The molecule has 0 saturated heterocycles. The summed E-state index contributed by atoms with van der Waals surface area (Å²) in [6.07, 6.45) is 9.17. The van der Waals surface area contributed by atoms with Crippen molar-refractivity contribution in [3.63, 3.8) is 0 Å². The van der Waals surface area contributed by atoms with E-state index in [4.69, 9.17) is 4.42 Å². The third-order valence-electron chi connectivity index (χ3n) is 2.22. The van der Waals surface area contributed by atoms with Crippen molar-refractivity contribution >= 4 is 0 Å². The molecule has 0 saturated carbocycles. The summed E-state index contributed by atoms with van der Waals surface area (Å²) in [5.74, 6) is 1.51. The number of nitrogens with zero attached hydrogens (tertiary/aromatic N) is 3. The Labute approximate surface area is 86.4 Å². The van der Waals surface area contributed by atoms with E-state index in [1.165, 1.54) is 6.39 Å². The Kier molecular flexibility index (Phi) is 1.71. The number of oxazole rings is 1. The Morgan fingerprint density at radius 2 is 1.47 bits per heavy atom. The highest BCUT2D eigenvalue weighted by Crippen LogP contribution is 2.17. The van der Waals surface area contributed by atoms with Crippen LogP contribution in [0, 0.1) is 0 Å². The molecular weight excluding hydrogens is 190 g/mol. The molecule has 0 bridgehead atoms. The van der Waals surface area contributed by atoms with Gasteiger partial charge in [0.25, 0.3) is 0 Å². The first-order chi connectivity index (χ1) is 7.45. The van der Waals surface area contributed by atoms with Crippen LogP contribution in [-0.2, 0) is 0 Å². The van der Waals surface area contributed by atoms with Crippen molar-refractivity contribution in [2.24, 2.45) is 0 Å². The SMILES string of the molecule is c1ccn(-c2ncoc2-n2cccc2)c1. The maximum Gasteiger partial charge on any atom is 0.249 e. The van der Waals surface area contributed by atoms with Gasteiger partial charge in [0.2, 0.25) is 11.7 Å². The number of rotatable bonds is 2. The van der Waals surface area contributed by atoms with Gasteiger partial charge in [-0.3, -0.25) is 4.57 Å². The summed E-state index contributed by atoms with van der Waals surface area (Å²) in [4.78, 5) is 4.19. The van der Waals surface area contributed by atoms with E-state index < -0.39 is 0 Å². The van der Waals surface area contributed by atoms with Gasteiger partial charge >= 0.3 is 0 Å². The Morgan fingerprint density at radius 3 is 2.13 bits per heavy atom. The van der Waals surface area contributed by atoms with Gasteiger partial charge in [-0.1, -0.05) is 0 Å². The molecule has 0 spiro atoms. The van der Waals surface area contributed by atoms with Gasteiger partial charge < -0.3 is 8.98 Å². The summed E-state index contributed by atoms with van der Waals surface area (Å²) in [6, 6.07) is 7.80. The van der Waals surface area contributed by atoms with Crippen molar-refractivity contribution in [3.8, 4) is 11.7 Å². The molecule has 0 aliphatic heterocycles. The molecule has 0 N–H and O–H groups in total. The first kappa shape index (κ1) is 8.11. The van der Waals surface area contributed by atoms with Crippen molar-refractivity contribution in [3.05, 3.63) is 55.4 Å². The van der Waals surface area contributed by atoms with Crippen LogP contribution in [-0.4, -0.2) is 14.1 Å². The summed E-state index contributed by atoms with van der Waals surface area (Å²) in [5.41, 5.74) is 0. The van der Waals surface area contributed by atoms with E-state index in [2.05, 4.69) is 4.98 Å². The zero-order valence-corrected chi connectivity index (χ0v) is 7.95. The fraction of sp³-hybridized carbons (Fsp3) is 0. The summed E-state index contributed by atoms with van der Waals surface area (Å²) >= 11 is 0. The van der Waals surface area contributed by atoms with Crippen LogP contribution in [0.4, 0.5) is 0 Å². The monoisotopic (exact) mass is 199 g/mol. The van der Waals surface area contributed by atoms with Crippen molar-refractivity contribution < 1.29 is 4.42 Å². The van der Waals surface area contributed by atoms with Crippen molar-refractivity contribution in [2.75, 3.05) is 0 Å². The molecular formula is C11H9N3O. The van der Waals surface area contributed by atoms with Gasteiger partial charge in [-0.2, -0.15) is 4.98 Å². The lowest BCUT2D eigenvalue weighted by atomic mass is 10.6. The van der Waals surface area contributed by atoms with Crippen LogP contribution in [0.25, 0.3) is 11.7 Å². The van der Waals surface area contributed by atoms with E-state index in [0.29, 0.717) is 0 Å². The minimum Gasteiger partial charge on any atom is -0.425 e. The third kappa shape index (κ3) is 1.27. The van der Waals surface area contributed by atoms with Gasteiger partial charge in [0.1, 0.15) is 0 Å². The topological polar surface area (TPSA) is 35.9 Å². The Morgan fingerprint density at radius 1 is 0.867 bits per heavy atom. The fourth-order valence-corrected chi connectivity index (χ4v) is 1.53. The zero-order valence-electron chi connectivity index (χ0n) is 7.95. The van der Waals surface area contributed by atoms with Gasteiger partial charge in [-0.25, -0.2) is 0 Å². The van der Waals surface area contributed by atoms with Crippen LogP contribution >= 0.6 is 0 Å². The van der Waals surface area contributed by atoms with Crippen molar-refractivity contribution in [1.29, 1.82) is 0 Å². The molecule has 0 unspecified atom stereocenters. The molecule has 0 aliphatic carbocycles. The standard InChI is InChI=1S/C11H9N3O/c1-2-6-13(5-1)10-11(15-9-12-10)14-7-3-4-8-14/h1-9H. The molecule has 3 heterocycles. The minimum atomic E-state index is 0.719. The van der Waals surface area contributed by atoms with E-state index in [0.717, 1.165) is 11.7 Å². The molecule has 0 aromatic carbocycles. The second-order valence-electron chi connectivity index (χ2n) is 3.16. The molecule has 3 aromatic rings. The summed E-state index contributed by atoms with van der Waals surface area (Å²) in [5, 5.41) is 0. The highest BCUT2D eigenvalue weighted by atomic mass is 16.4. The first-order valence-corrected chi connectivity index (χ1v) is 4.65. The largest absolute Gasteiger partial charge is 0.425 e. The average Bonchev–Trinajstić information content (AvgIpc) is 3.01. The van der Waals surface area contributed by atoms with Crippen LogP contribution in [0.2, 0.25) is 0 Å². The second-order valence-corrected chi connectivity index (χ2v) is 3.16. The van der Waals surface area contributed by atoms with Crippen LogP contribution in [0.5, 0.6) is 0 Å². The van der Waals surface area contributed by atoms with E-state index in [-0.39, 0.29) is 0 Å². The molecule has 4 nitrogen and oxygen atoms in total. The molecule has 0 amide bonds. The maximum absolute atomic E-state index is 5.36. The average molecular weight is 199 g/mol. The summed E-state index contributed by atoms with van der Waals surface area (Å²) in [7, 11) is 0. The fourth-order valence-electron chi connectivity index (χ4n) is 1.53. The number of hydrogen-bond donors (Lipinski definition) is 0. The van der Waals surface area contributed by atoms with Gasteiger partial charge in [0, 0.05) is 24.8 Å². The normalized spacial score (nSPS) is 10.7. The lowest BCUT2D eigenvalue weighted by Gasteiger charge is -2.01. The molecule has 3 rings (SSSR count). The Bertz CT molecular complexity index is 485. The van der Waals surface area contributed by atoms with Gasteiger partial charge in [-0.05, 0) is 24.3 Å². The molecule has 0 aliphatic rings. The van der Waals surface area contributed by atoms with Gasteiger partial charge in [0.15, 0.2) is 6.39 Å². The third-order valence-corrected chi connectivity index (χ3v) is 2.22. The zero-order chi connectivity index (χ0) is 10.1. The van der Waals surface area contributed by atoms with E-state index in [9.17, 15) is 0 Å². The van der Waals surface area contributed by atoms with E-state index >= 15 is 0 Å². The predicted octanol–water partition coefficient (Wildman–Crippen LogP) is 2.26. The van der Waals surface area contributed by atoms with Crippen LogP contribution in [0.3, 0.4) is 0 Å². The molecule has 3 aromatic heterocycles. The molecule has 74 valence electrons. The van der Waals surface area contributed by atoms with Crippen molar-refractivity contribution in [1.82, 2.24) is 14.1 Å². The highest BCUT2D eigenvalue weighted by molar-refractivity contribution is 5.39. The summed E-state index contributed by atoms with van der Waals surface area (Å²) in [6.45, 7) is 0. The molecule has 15 heavy (non-hydrogen) atoms. The number of hydrogen-bond acceptors (Lipinski definition) is 2. The smallest absolute Gasteiger partial charge is 0.249 e. The molecule has 0 fully saturated rings. The predicted molar refractivity (Wildman–Crippen MR) is 55.2 cm³/mol. The van der Waals surface area contributed by atoms with Crippen LogP contribution in [0.15, 0.2) is 59.9 Å². The Hall–Kier alpha value is -2.23. The highest BCUT2D eigenvalue weighted by Gasteiger charge is 2.10. The van der Waals surface area contributed by atoms with Gasteiger partial charge in [-0.15, -0.1) is 0 Å². The van der Waals surface area contributed by atoms with Crippen LogP contribution < -0.4 is 0 Å². The molecule has 0 atom stereocenters. The van der Waals surface area contributed by atoms with Crippen molar-refractivity contribution in [2.45, 2.75) is 0 Å². The lowest BCUT2D eigenvalue weighted by molar-refractivity contribution is 0.531. The first-order valence-electron chi connectivity index (χ1n) is 4.65. The maximum atomic E-state index is 5.36. The molecule has 4 heteroatoms. The van der Waals surface area contributed by atoms with E-state index in [1.54, 1.807) is 0 Å². The minimum absolute atomic E-state index is 0.719. The second kappa shape index (κ2) is 3.16. The number of aromatic nitrogens is 3. The quantitative estimate of drug-likeness (QED) is 0.634. The van der Waals surface area contributed by atoms with E-state index in [1.807, 2.05) is 58.2 Å². The Balaban J connectivity index is 2.15. The molecule has 0 radical (unpaired) electrons. The lowest BCUT2D eigenvalue weighted by Crippen LogP contribution is -1.97.